The number of aliphatic hydroxyl groups excluding tert-OH is 2. The average Bonchev–Trinajstić information content (AvgIpc) is 2.89. The summed E-state index contributed by atoms with van der Waals surface area (Å²) in [5.41, 5.74) is 8.82. The number of carbonyl (C=O) groups excluding carboxylic acids is 3. The fourth-order valence-corrected chi connectivity index (χ4v) is 6.42. The molecule has 0 radical (unpaired) electrons. The lowest BCUT2D eigenvalue weighted by molar-refractivity contribution is -0.145. The highest BCUT2D eigenvalue weighted by Gasteiger charge is 2.63. The summed E-state index contributed by atoms with van der Waals surface area (Å²) in [6, 6.07) is 12.9. The van der Waals surface area contributed by atoms with E-state index in [0.717, 1.165) is 5.56 Å². The van der Waals surface area contributed by atoms with E-state index in [1.165, 1.54) is 6.20 Å². The Morgan fingerprint density at radius 3 is 2.45 bits per heavy atom. The Balaban J connectivity index is 1.68. The number of phenols is 1. The maximum atomic E-state index is 14.0. The van der Waals surface area contributed by atoms with E-state index in [1.54, 1.807) is 30.3 Å². The second-order valence-corrected chi connectivity index (χ2v) is 9.94. The van der Waals surface area contributed by atoms with Gasteiger partial charge in [-0.05, 0) is 29.7 Å². The Morgan fingerprint density at radius 2 is 1.76 bits per heavy atom. The number of carbonyl (C=O) groups is 3. The highest BCUT2D eigenvalue weighted by molar-refractivity contribution is 6.25. The van der Waals surface area contributed by atoms with Crippen LogP contribution in [0.2, 0.25) is 0 Å². The molecule has 1 heterocycles. The van der Waals surface area contributed by atoms with Crippen molar-refractivity contribution in [1.82, 2.24) is 4.98 Å². The van der Waals surface area contributed by atoms with Gasteiger partial charge in [0.15, 0.2) is 17.1 Å². The Hall–Kier alpha value is -4.54. The Morgan fingerprint density at radius 1 is 1.05 bits per heavy atom. The van der Waals surface area contributed by atoms with Crippen LogP contribution in [-0.2, 0) is 9.59 Å². The van der Waals surface area contributed by atoms with E-state index in [2.05, 4.69) is 4.98 Å². The van der Waals surface area contributed by atoms with Crippen LogP contribution >= 0.6 is 0 Å². The molecule has 0 spiro atoms. The van der Waals surface area contributed by atoms with Gasteiger partial charge in [-0.2, -0.15) is 0 Å². The number of amides is 1. The van der Waals surface area contributed by atoms with Gasteiger partial charge >= 0.3 is 0 Å². The summed E-state index contributed by atoms with van der Waals surface area (Å²) in [4.78, 5) is 43.5. The second kappa shape index (κ2) is 7.98. The lowest BCUT2D eigenvalue weighted by Crippen LogP contribution is -2.63. The summed E-state index contributed by atoms with van der Waals surface area (Å²) >= 11 is 0. The zero-order chi connectivity index (χ0) is 27.1. The number of rotatable bonds is 2. The molecule has 10 heteroatoms. The molecule has 0 aliphatic heterocycles. The van der Waals surface area contributed by atoms with Crippen LogP contribution in [0.5, 0.6) is 5.75 Å². The van der Waals surface area contributed by atoms with Crippen LogP contribution in [0.1, 0.15) is 33.8 Å². The maximum Gasteiger partial charge on any atom is 0.255 e. The number of aromatic hydroxyl groups is 1. The van der Waals surface area contributed by atoms with Gasteiger partial charge in [-0.25, -0.2) is 0 Å². The predicted molar refractivity (Wildman–Crippen MR) is 134 cm³/mol. The number of pyridine rings is 1. The minimum Gasteiger partial charge on any atom is -0.510 e. The number of fused-ring (bicyclic) bond motifs is 4. The van der Waals surface area contributed by atoms with Gasteiger partial charge in [-0.3, -0.25) is 19.4 Å². The van der Waals surface area contributed by atoms with Gasteiger partial charge in [-0.15, -0.1) is 0 Å². The van der Waals surface area contributed by atoms with Gasteiger partial charge in [0.25, 0.3) is 5.91 Å². The summed E-state index contributed by atoms with van der Waals surface area (Å²) < 4.78 is 0. The molecule has 0 saturated carbocycles. The molecule has 0 saturated heterocycles. The van der Waals surface area contributed by atoms with Crippen LogP contribution in [0.3, 0.4) is 0 Å². The number of aliphatic hydroxyl groups is 3. The van der Waals surface area contributed by atoms with Gasteiger partial charge in [0, 0.05) is 34.9 Å². The normalized spacial score (nSPS) is 28.7. The van der Waals surface area contributed by atoms with Gasteiger partial charge < -0.3 is 31.9 Å². The Bertz CT molecular complexity index is 1640. The van der Waals surface area contributed by atoms with E-state index in [-0.39, 0.29) is 28.8 Å². The number of phenolic OH excluding ortho intramolecular Hbond substituents is 1. The molecule has 1 aromatic heterocycles. The quantitative estimate of drug-likeness (QED) is 0.276. The highest BCUT2D eigenvalue weighted by Crippen LogP contribution is 2.56. The maximum absolute atomic E-state index is 14.0. The van der Waals surface area contributed by atoms with E-state index < -0.39 is 64.0 Å². The SMILES string of the molecule is NC(=O)C1=C(O)[C@@H](N)[C@@H]2C[C@H]3C(=C(O)[C@]2(O)C1=O)C(=O)c1c(cc2cccnc2c1O)[C@@H]3c1ccccc1. The van der Waals surface area contributed by atoms with Crippen molar-refractivity contribution >= 4 is 28.4 Å². The highest BCUT2D eigenvalue weighted by atomic mass is 16.3. The summed E-state index contributed by atoms with van der Waals surface area (Å²) in [7, 11) is 0. The van der Waals surface area contributed by atoms with Crippen molar-refractivity contribution in [2.24, 2.45) is 23.3 Å². The van der Waals surface area contributed by atoms with Crippen molar-refractivity contribution in [2.45, 2.75) is 24.0 Å². The number of allylic oxidation sites excluding steroid dienone is 1. The summed E-state index contributed by atoms with van der Waals surface area (Å²) in [6.45, 7) is 0. The van der Waals surface area contributed by atoms with Crippen molar-refractivity contribution in [3.63, 3.8) is 0 Å². The number of Topliss-reactive ketones (excluding diaryl/α,β-unsaturated/α-hetero) is 2. The zero-order valence-corrected chi connectivity index (χ0v) is 19.8. The molecule has 0 bridgehead atoms. The monoisotopic (exact) mass is 513 g/mol. The fraction of sp³-hybridized carbons (Fsp3) is 0.214. The topological polar surface area (TPSA) is 197 Å². The van der Waals surface area contributed by atoms with Gasteiger partial charge in [0.1, 0.15) is 22.6 Å². The molecular formula is C28H23N3O7. The van der Waals surface area contributed by atoms with Gasteiger partial charge in [-0.1, -0.05) is 36.4 Å². The van der Waals surface area contributed by atoms with Crippen LogP contribution in [0.15, 0.2) is 77.4 Å². The van der Waals surface area contributed by atoms with Crippen molar-refractivity contribution in [1.29, 1.82) is 0 Å². The van der Waals surface area contributed by atoms with Gasteiger partial charge in [0.05, 0.1) is 11.6 Å². The van der Waals surface area contributed by atoms with Crippen LogP contribution in [0.25, 0.3) is 10.9 Å². The minimum atomic E-state index is -2.78. The van der Waals surface area contributed by atoms with E-state index in [0.29, 0.717) is 10.9 Å². The molecule has 8 N–H and O–H groups in total. The molecule has 192 valence electrons. The number of nitrogens with zero attached hydrogens (tertiary/aromatic N) is 1. The molecule has 3 aliphatic rings. The molecule has 38 heavy (non-hydrogen) atoms. The molecule has 0 fully saturated rings. The lowest BCUT2D eigenvalue weighted by Gasteiger charge is -2.49. The first-order chi connectivity index (χ1) is 18.1. The van der Waals surface area contributed by atoms with E-state index >= 15 is 0 Å². The predicted octanol–water partition coefficient (Wildman–Crippen LogP) is 1.66. The van der Waals surface area contributed by atoms with E-state index in [9.17, 15) is 34.8 Å². The summed E-state index contributed by atoms with van der Waals surface area (Å²) in [6.07, 6.45) is 1.37. The number of primary amides is 1. The molecule has 10 nitrogen and oxygen atoms in total. The number of nitrogens with two attached hydrogens (primary N) is 2. The smallest absolute Gasteiger partial charge is 0.255 e. The molecule has 6 rings (SSSR count). The van der Waals surface area contributed by atoms with Crippen LogP contribution < -0.4 is 11.5 Å². The van der Waals surface area contributed by atoms with Crippen molar-refractivity contribution in [3.8, 4) is 5.75 Å². The molecule has 2 aromatic carbocycles. The number of hydrogen-bond acceptors (Lipinski definition) is 9. The van der Waals surface area contributed by atoms with Crippen molar-refractivity contribution < 1.29 is 34.8 Å². The molecule has 5 atom stereocenters. The number of hydrogen-bond donors (Lipinski definition) is 6. The first-order valence-corrected chi connectivity index (χ1v) is 12.0. The average molecular weight is 514 g/mol. The molecule has 3 aromatic rings. The largest absolute Gasteiger partial charge is 0.510 e. The first-order valence-electron chi connectivity index (χ1n) is 12.0. The Kier molecular flexibility index (Phi) is 5.00. The number of benzene rings is 2. The zero-order valence-electron chi connectivity index (χ0n) is 19.8. The third-order valence-corrected chi connectivity index (χ3v) is 8.12. The Labute approximate surface area is 215 Å². The summed E-state index contributed by atoms with van der Waals surface area (Å²) in [5, 5.41) is 45.5. The minimum absolute atomic E-state index is 0.102. The molecule has 0 unspecified atom stereocenters. The van der Waals surface area contributed by atoms with E-state index in [4.69, 9.17) is 11.5 Å². The number of aromatic nitrogens is 1. The standard InChI is InChI=1S/C28H23N3O7/c29-20-15-10-14-16(11-5-2-1-3-6-11)13-9-12-7-4-8-31-21(12)24(34)17(13)22(32)18(14)25(35)28(15,38)26(36)19(23(20)33)27(30)37/h1-9,14-16,20,33-35,38H,10,29H2,(H2,30,37)/t14-,15+,16+,20+,28+/m1/s1. The van der Waals surface area contributed by atoms with E-state index in [1.807, 2.05) is 18.2 Å². The fourth-order valence-electron chi connectivity index (χ4n) is 6.42. The van der Waals surface area contributed by atoms with Crippen LogP contribution in [0.4, 0.5) is 0 Å². The number of ketones is 2. The summed E-state index contributed by atoms with van der Waals surface area (Å²) in [5.74, 6) is -8.26. The second-order valence-electron chi connectivity index (χ2n) is 9.94. The van der Waals surface area contributed by atoms with Crippen molar-refractivity contribution in [3.05, 3.63) is 94.1 Å². The lowest BCUT2D eigenvalue weighted by atomic mass is 9.55. The van der Waals surface area contributed by atoms with Crippen LogP contribution in [-0.4, -0.2) is 54.5 Å². The third-order valence-electron chi connectivity index (χ3n) is 8.12. The molecular weight excluding hydrogens is 490 g/mol. The van der Waals surface area contributed by atoms with Crippen molar-refractivity contribution in [2.75, 3.05) is 0 Å². The third kappa shape index (κ3) is 2.89. The molecule has 3 aliphatic carbocycles. The first kappa shape index (κ1) is 23.8. The van der Waals surface area contributed by atoms with Gasteiger partial charge in [0.2, 0.25) is 5.78 Å². The van der Waals surface area contributed by atoms with Crippen LogP contribution in [0, 0.1) is 11.8 Å². The molecule has 1 amide bonds.